The monoisotopic (exact) mass is 227 g/mol. The van der Waals surface area contributed by atoms with E-state index in [-0.39, 0.29) is 11.9 Å². The van der Waals surface area contributed by atoms with E-state index in [0.717, 1.165) is 12.8 Å². The molecule has 3 nitrogen and oxygen atoms in total. The molecular formula is C14H13NO2. The van der Waals surface area contributed by atoms with Gasteiger partial charge in [0.1, 0.15) is 6.26 Å². The van der Waals surface area contributed by atoms with Crippen molar-refractivity contribution < 1.29 is 9.21 Å². The lowest BCUT2D eigenvalue weighted by Gasteiger charge is -2.10. The van der Waals surface area contributed by atoms with Crippen LogP contribution in [0.1, 0.15) is 21.5 Å². The van der Waals surface area contributed by atoms with E-state index in [9.17, 15) is 4.79 Å². The average molecular weight is 227 g/mol. The molecule has 0 spiro atoms. The van der Waals surface area contributed by atoms with E-state index in [2.05, 4.69) is 17.4 Å². The fraction of sp³-hybridized carbons (Fsp3) is 0.214. The van der Waals surface area contributed by atoms with Crippen molar-refractivity contribution in [1.29, 1.82) is 0 Å². The number of nitrogens with one attached hydrogen (secondary N) is 1. The highest BCUT2D eigenvalue weighted by molar-refractivity contribution is 5.94. The number of carbonyl (C=O) groups is 1. The minimum atomic E-state index is -0.0587. The largest absolute Gasteiger partial charge is 0.472 e. The predicted molar refractivity (Wildman–Crippen MR) is 63.8 cm³/mol. The Hall–Kier alpha value is -2.03. The third kappa shape index (κ3) is 1.96. The Labute approximate surface area is 99.4 Å². The van der Waals surface area contributed by atoms with Crippen LogP contribution in [0.2, 0.25) is 0 Å². The summed E-state index contributed by atoms with van der Waals surface area (Å²) in [5.74, 6) is -0.0587. The number of amides is 1. The second-order valence-electron chi connectivity index (χ2n) is 4.36. The van der Waals surface area contributed by atoms with E-state index in [1.54, 1.807) is 6.07 Å². The van der Waals surface area contributed by atoms with Crippen LogP contribution in [-0.4, -0.2) is 11.9 Å². The summed E-state index contributed by atoms with van der Waals surface area (Å²) in [5.41, 5.74) is 3.26. The van der Waals surface area contributed by atoms with Gasteiger partial charge < -0.3 is 9.73 Å². The Balaban J connectivity index is 1.68. The summed E-state index contributed by atoms with van der Waals surface area (Å²) in [6.07, 6.45) is 4.81. The van der Waals surface area contributed by atoms with Gasteiger partial charge in [0, 0.05) is 6.04 Å². The fourth-order valence-electron chi connectivity index (χ4n) is 2.32. The lowest BCUT2D eigenvalue weighted by molar-refractivity contribution is 0.0938. The Bertz CT molecular complexity index is 506. The molecule has 1 N–H and O–H groups in total. The molecule has 0 saturated heterocycles. The third-order valence-electron chi connectivity index (χ3n) is 3.17. The summed E-state index contributed by atoms with van der Waals surface area (Å²) >= 11 is 0. The fourth-order valence-corrected chi connectivity index (χ4v) is 2.32. The zero-order chi connectivity index (χ0) is 11.7. The Morgan fingerprint density at radius 1 is 1.18 bits per heavy atom. The molecule has 2 aromatic rings. The zero-order valence-corrected chi connectivity index (χ0v) is 9.35. The number of hydrogen-bond donors (Lipinski definition) is 1. The van der Waals surface area contributed by atoms with E-state index in [1.807, 2.05) is 12.1 Å². The first-order valence-corrected chi connectivity index (χ1v) is 5.73. The van der Waals surface area contributed by atoms with Gasteiger partial charge in [-0.2, -0.15) is 0 Å². The number of carbonyl (C=O) groups excluding carboxylic acids is 1. The molecule has 86 valence electrons. The van der Waals surface area contributed by atoms with Gasteiger partial charge >= 0.3 is 0 Å². The van der Waals surface area contributed by atoms with Crippen LogP contribution in [0.4, 0.5) is 0 Å². The molecule has 3 rings (SSSR count). The van der Waals surface area contributed by atoms with Gasteiger partial charge in [-0.1, -0.05) is 24.3 Å². The van der Waals surface area contributed by atoms with Gasteiger partial charge in [0.2, 0.25) is 0 Å². The molecule has 1 heterocycles. The topological polar surface area (TPSA) is 42.2 Å². The Kier molecular flexibility index (Phi) is 2.44. The molecule has 0 fully saturated rings. The lowest BCUT2D eigenvalue weighted by Crippen LogP contribution is -2.35. The molecule has 0 radical (unpaired) electrons. The highest BCUT2D eigenvalue weighted by Gasteiger charge is 2.22. The van der Waals surface area contributed by atoms with Crippen LogP contribution in [0, 0.1) is 0 Å². The molecule has 17 heavy (non-hydrogen) atoms. The van der Waals surface area contributed by atoms with Gasteiger partial charge in [-0.05, 0) is 30.0 Å². The SMILES string of the molecule is O=C(NC1Cc2ccccc2C1)c1ccoc1. The van der Waals surface area contributed by atoms with Gasteiger partial charge in [-0.3, -0.25) is 4.79 Å². The van der Waals surface area contributed by atoms with Crippen molar-refractivity contribution in [3.05, 3.63) is 59.5 Å². The molecule has 0 saturated carbocycles. The van der Waals surface area contributed by atoms with E-state index in [1.165, 1.54) is 23.7 Å². The van der Waals surface area contributed by atoms with Crippen molar-refractivity contribution >= 4 is 5.91 Å². The second kappa shape index (κ2) is 4.09. The first-order valence-electron chi connectivity index (χ1n) is 5.73. The molecule has 1 aliphatic rings. The first kappa shape index (κ1) is 10.1. The maximum atomic E-state index is 11.8. The van der Waals surface area contributed by atoms with E-state index >= 15 is 0 Å². The van der Waals surface area contributed by atoms with Crippen molar-refractivity contribution in [2.45, 2.75) is 18.9 Å². The van der Waals surface area contributed by atoms with Crippen molar-refractivity contribution in [2.24, 2.45) is 0 Å². The maximum Gasteiger partial charge on any atom is 0.254 e. The summed E-state index contributed by atoms with van der Waals surface area (Å²) < 4.78 is 4.90. The van der Waals surface area contributed by atoms with Gasteiger partial charge in [-0.15, -0.1) is 0 Å². The van der Waals surface area contributed by atoms with Gasteiger partial charge in [0.15, 0.2) is 0 Å². The van der Waals surface area contributed by atoms with Crippen LogP contribution in [0.3, 0.4) is 0 Å². The highest BCUT2D eigenvalue weighted by atomic mass is 16.3. The smallest absolute Gasteiger partial charge is 0.254 e. The Morgan fingerprint density at radius 3 is 2.47 bits per heavy atom. The van der Waals surface area contributed by atoms with Crippen molar-refractivity contribution in [2.75, 3.05) is 0 Å². The quantitative estimate of drug-likeness (QED) is 0.854. The minimum Gasteiger partial charge on any atom is -0.472 e. The van der Waals surface area contributed by atoms with Crippen molar-refractivity contribution in [1.82, 2.24) is 5.32 Å². The molecule has 0 aliphatic heterocycles. The molecule has 1 aromatic carbocycles. The van der Waals surface area contributed by atoms with Crippen molar-refractivity contribution in [3.63, 3.8) is 0 Å². The van der Waals surface area contributed by atoms with Crippen LogP contribution in [0.15, 0.2) is 47.3 Å². The second-order valence-corrected chi connectivity index (χ2v) is 4.36. The zero-order valence-electron chi connectivity index (χ0n) is 9.35. The molecule has 0 bridgehead atoms. The number of fused-ring (bicyclic) bond motifs is 1. The third-order valence-corrected chi connectivity index (χ3v) is 3.17. The molecule has 0 unspecified atom stereocenters. The van der Waals surface area contributed by atoms with Crippen LogP contribution in [0.25, 0.3) is 0 Å². The molecule has 0 atom stereocenters. The standard InChI is InChI=1S/C14H13NO2/c16-14(12-5-6-17-9-12)15-13-7-10-3-1-2-4-11(10)8-13/h1-6,9,13H,7-8H2,(H,15,16). The van der Waals surface area contributed by atoms with Crippen molar-refractivity contribution in [3.8, 4) is 0 Å². The van der Waals surface area contributed by atoms with E-state index in [4.69, 9.17) is 4.42 Å². The number of rotatable bonds is 2. The van der Waals surface area contributed by atoms with E-state index in [0.29, 0.717) is 5.56 Å². The van der Waals surface area contributed by atoms with Crippen LogP contribution in [-0.2, 0) is 12.8 Å². The van der Waals surface area contributed by atoms with E-state index < -0.39 is 0 Å². The number of furan rings is 1. The Morgan fingerprint density at radius 2 is 1.88 bits per heavy atom. The molecule has 1 aliphatic carbocycles. The summed E-state index contributed by atoms with van der Waals surface area (Å²) in [6.45, 7) is 0. The maximum absolute atomic E-state index is 11.8. The number of hydrogen-bond acceptors (Lipinski definition) is 2. The summed E-state index contributed by atoms with van der Waals surface area (Å²) in [5, 5.41) is 3.03. The highest BCUT2D eigenvalue weighted by Crippen LogP contribution is 2.21. The van der Waals surface area contributed by atoms with Gasteiger partial charge in [-0.25, -0.2) is 0 Å². The van der Waals surface area contributed by atoms with Crippen LogP contribution < -0.4 is 5.32 Å². The normalized spacial score (nSPS) is 14.6. The van der Waals surface area contributed by atoms with Gasteiger partial charge in [0.25, 0.3) is 5.91 Å². The number of benzene rings is 1. The molecule has 1 amide bonds. The van der Waals surface area contributed by atoms with Crippen LogP contribution >= 0.6 is 0 Å². The average Bonchev–Trinajstić information content (AvgIpc) is 2.97. The summed E-state index contributed by atoms with van der Waals surface area (Å²) in [4.78, 5) is 11.8. The van der Waals surface area contributed by atoms with Gasteiger partial charge in [0.05, 0.1) is 11.8 Å². The summed E-state index contributed by atoms with van der Waals surface area (Å²) in [6, 6.07) is 10.2. The minimum absolute atomic E-state index is 0.0587. The molecule has 1 aromatic heterocycles. The predicted octanol–water partition coefficient (Wildman–Crippen LogP) is 2.18. The summed E-state index contributed by atoms with van der Waals surface area (Å²) in [7, 11) is 0. The molecular weight excluding hydrogens is 214 g/mol. The molecule has 3 heteroatoms. The van der Waals surface area contributed by atoms with Crippen LogP contribution in [0.5, 0.6) is 0 Å². The lowest BCUT2D eigenvalue weighted by atomic mass is 10.1. The first-order chi connectivity index (χ1) is 8.33.